The fourth-order valence-corrected chi connectivity index (χ4v) is 3.97. The van der Waals surface area contributed by atoms with Gasteiger partial charge in [-0.1, -0.05) is 19.3 Å². The first-order valence-corrected chi connectivity index (χ1v) is 10.0. The third kappa shape index (κ3) is 4.76. The van der Waals surface area contributed by atoms with Crippen molar-refractivity contribution in [2.75, 3.05) is 12.3 Å². The fraction of sp³-hybridized carbons (Fsp3) is 0.625. The van der Waals surface area contributed by atoms with Gasteiger partial charge in [-0.05, 0) is 25.8 Å². The molecule has 1 atom stereocenters. The maximum absolute atomic E-state index is 14.1. The molecule has 0 bridgehead atoms. The normalized spacial score (nSPS) is 18.5. The van der Waals surface area contributed by atoms with E-state index in [1.54, 1.807) is 0 Å². The van der Waals surface area contributed by atoms with Crippen molar-refractivity contribution in [2.24, 2.45) is 0 Å². The van der Waals surface area contributed by atoms with Gasteiger partial charge >= 0.3 is 0 Å². The second kappa shape index (κ2) is 8.38. The zero-order valence-electron chi connectivity index (χ0n) is 14.2. The van der Waals surface area contributed by atoms with Gasteiger partial charge in [0.1, 0.15) is 6.10 Å². The van der Waals surface area contributed by atoms with Crippen molar-refractivity contribution in [2.45, 2.75) is 50.2 Å². The zero-order chi connectivity index (χ0) is 20.4. The molecule has 1 aromatic rings. The summed E-state index contributed by atoms with van der Waals surface area (Å²) in [5, 5.41) is 13.4. The van der Waals surface area contributed by atoms with Gasteiger partial charge in [0.05, 0.1) is 11.3 Å². The molecule has 11 heteroatoms. The molecular formula is C16H20F5NO4S. The van der Waals surface area contributed by atoms with Crippen LogP contribution in [0.15, 0.2) is 0 Å². The molecular weight excluding hydrogens is 397 g/mol. The first-order valence-electron chi connectivity index (χ1n) is 8.40. The van der Waals surface area contributed by atoms with Gasteiger partial charge in [0.2, 0.25) is 5.82 Å². The van der Waals surface area contributed by atoms with Gasteiger partial charge in [0.25, 0.3) is 10.1 Å². The summed E-state index contributed by atoms with van der Waals surface area (Å²) in [6.07, 6.45) is 0.130. The summed E-state index contributed by atoms with van der Waals surface area (Å²) in [5.74, 6) is -11.3. The molecule has 1 saturated carbocycles. The Morgan fingerprint density at radius 1 is 0.926 bits per heavy atom. The van der Waals surface area contributed by atoms with Gasteiger partial charge < -0.3 is 10.4 Å². The summed E-state index contributed by atoms with van der Waals surface area (Å²) >= 11 is 0. The SMILES string of the molecule is O=S(=O)(O)CCCNC1(C(O)c2c(F)c(F)c(F)c(F)c2F)CCCCC1. The van der Waals surface area contributed by atoms with E-state index in [9.17, 15) is 35.5 Å². The Labute approximate surface area is 153 Å². The molecule has 1 aliphatic rings. The number of aliphatic hydroxyl groups excluding tert-OH is 1. The number of halogens is 5. The smallest absolute Gasteiger partial charge is 0.264 e. The van der Waals surface area contributed by atoms with Crippen LogP contribution >= 0.6 is 0 Å². The molecule has 0 aliphatic heterocycles. The Morgan fingerprint density at radius 3 is 1.89 bits per heavy atom. The van der Waals surface area contributed by atoms with E-state index in [2.05, 4.69) is 5.32 Å². The van der Waals surface area contributed by atoms with Gasteiger partial charge in [-0.3, -0.25) is 4.55 Å². The molecule has 1 unspecified atom stereocenters. The van der Waals surface area contributed by atoms with E-state index in [1.165, 1.54) is 0 Å². The number of hydrogen-bond acceptors (Lipinski definition) is 4. The molecule has 0 amide bonds. The largest absolute Gasteiger partial charge is 0.386 e. The molecule has 1 fully saturated rings. The van der Waals surface area contributed by atoms with Gasteiger partial charge in [-0.2, -0.15) is 8.42 Å². The van der Waals surface area contributed by atoms with Crippen molar-refractivity contribution in [1.82, 2.24) is 5.32 Å². The molecule has 0 aromatic heterocycles. The maximum Gasteiger partial charge on any atom is 0.264 e. The van der Waals surface area contributed by atoms with Gasteiger partial charge in [0, 0.05) is 5.54 Å². The Morgan fingerprint density at radius 2 is 1.41 bits per heavy atom. The minimum absolute atomic E-state index is 0.0494. The third-order valence-electron chi connectivity index (χ3n) is 4.84. The van der Waals surface area contributed by atoms with Crippen LogP contribution in [0.2, 0.25) is 0 Å². The monoisotopic (exact) mass is 417 g/mol. The summed E-state index contributed by atoms with van der Waals surface area (Å²) < 4.78 is 98.8. The Kier molecular flexibility index (Phi) is 6.82. The van der Waals surface area contributed by atoms with Crippen LogP contribution in [0.25, 0.3) is 0 Å². The second-order valence-corrected chi connectivity index (χ2v) is 8.24. The minimum atomic E-state index is -4.21. The summed E-state index contributed by atoms with van der Waals surface area (Å²) in [4.78, 5) is 0. The van der Waals surface area contributed by atoms with Crippen LogP contribution in [-0.2, 0) is 10.1 Å². The lowest BCUT2D eigenvalue weighted by Crippen LogP contribution is -2.52. The molecule has 0 saturated heterocycles. The van der Waals surface area contributed by atoms with Crippen LogP contribution in [-0.4, -0.2) is 35.9 Å². The van der Waals surface area contributed by atoms with Crippen molar-refractivity contribution in [3.63, 3.8) is 0 Å². The van der Waals surface area contributed by atoms with Gasteiger partial charge in [0.15, 0.2) is 23.3 Å². The average Bonchev–Trinajstić information content (AvgIpc) is 2.62. The van der Waals surface area contributed by atoms with E-state index < -0.39 is 62.2 Å². The number of aliphatic hydroxyl groups is 1. The highest BCUT2D eigenvalue weighted by atomic mass is 32.2. The van der Waals surface area contributed by atoms with E-state index in [-0.39, 0.29) is 25.8 Å². The predicted molar refractivity (Wildman–Crippen MR) is 86.0 cm³/mol. The third-order valence-corrected chi connectivity index (χ3v) is 5.65. The van der Waals surface area contributed by atoms with E-state index >= 15 is 0 Å². The first-order chi connectivity index (χ1) is 12.5. The number of benzene rings is 1. The summed E-state index contributed by atoms with van der Waals surface area (Å²) in [7, 11) is -4.21. The molecule has 1 aliphatic carbocycles. The van der Waals surface area contributed by atoms with Crippen LogP contribution in [0.4, 0.5) is 22.0 Å². The Balaban J connectivity index is 2.34. The van der Waals surface area contributed by atoms with Crippen LogP contribution in [0.1, 0.15) is 50.2 Å². The van der Waals surface area contributed by atoms with Crippen molar-refractivity contribution in [3.05, 3.63) is 34.6 Å². The topological polar surface area (TPSA) is 86.6 Å². The molecule has 0 spiro atoms. The molecule has 154 valence electrons. The molecule has 2 rings (SSSR count). The number of nitrogens with one attached hydrogen (secondary N) is 1. The predicted octanol–water partition coefficient (Wildman–Crippen LogP) is 2.99. The first kappa shape index (κ1) is 22.0. The highest BCUT2D eigenvalue weighted by Gasteiger charge is 2.43. The standard InChI is InChI=1S/C16H20F5NO4S/c17-10-9(11(18)13(20)14(21)12(10)19)15(23)16(5-2-1-3-6-16)22-7-4-8-27(24,25)26/h15,22-23H,1-8H2,(H,24,25,26). The van der Waals surface area contributed by atoms with Crippen molar-refractivity contribution in [1.29, 1.82) is 0 Å². The summed E-state index contributed by atoms with van der Waals surface area (Å²) in [5.41, 5.74) is -2.69. The molecule has 3 N–H and O–H groups in total. The second-order valence-electron chi connectivity index (χ2n) is 6.67. The van der Waals surface area contributed by atoms with Crippen LogP contribution in [0.3, 0.4) is 0 Å². The molecule has 1 aromatic carbocycles. The van der Waals surface area contributed by atoms with Crippen LogP contribution in [0, 0.1) is 29.1 Å². The maximum atomic E-state index is 14.1. The van der Waals surface area contributed by atoms with Crippen molar-refractivity contribution >= 4 is 10.1 Å². The molecule has 5 nitrogen and oxygen atoms in total. The Bertz CT molecular complexity index is 767. The lowest BCUT2D eigenvalue weighted by atomic mass is 9.75. The van der Waals surface area contributed by atoms with Crippen LogP contribution < -0.4 is 5.32 Å². The average molecular weight is 417 g/mol. The van der Waals surface area contributed by atoms with E-state index in [1.807, 2.05) is 0 Å². The molecule has 0 radical (unpaired) electrons. The number of hydrogen-bond donors (Lipinski definition) is 3. The Hall–Kier alpha value is -1.30. The summed E-state index contributed by atoms with van der Waals surface area (Å²) in [6.45, 7) is -0.0494. The highest BCUT2D eigenvalue weighted by molar-refractivity contribution is 7.85. The molecule has 0 heterocycles. The van der Waals surface area contributed by atoms with E-state index in [0.717, 1.165) is 6.42 Å². The van der Waals surface area contributed by atoms with Gasteiger partial charge in [-0.25, -0.2) is 22.0 Å². The molecule has 27 heavy (non-hydrogen) atoms. The zero-order valence-corrected chi connectivity index (χ0v) is 15.1. The van der Waals surface area contributed by atoms with Crippen LogP contribution in [0.5, 0.6) is 0 Å². The van der Waals surface area contributed by atoms with Crippen molar-refractivity contribution < 1.29 is 40.0 Å². The lowest BCUT2D eigenvalue weighted by molar-refractivity contribution is 0.0258. The quantitative estimate of drug-likeness (QED) is 0.209. The number of rotatable bonds is 7. The van der Waals surface area contributed by atoms with E-state index in [0.29, 0.717) is 12.8 Å². The minimum Gasteiger partial charge on any atom is -0.386 e. The lowest BCUT2D eigenvalue weighted by Gasteiger charge is -2.42. The fourth-order valence-electron chi connectivity index (χ4n) is 3.46. The van der Waals surface area contributed by atoms with E-state index in [4.69, 9.17) is 4.55 Å². The summed E-state index contributed by atoms with van der Waals surface area (Å²) in [6, 6.07) is 0. The van der Waals surface area contributed by atoms with Gasteiger partial charge in [-0.15, -0.1) is 0 Å². The highest BCUT2D eigenvalue weighted by Crippen LogP contribution is 2.41. The van der Waals surface area contributed by atoms with Crippen molar-refractivity contribution in [3.8, 4) is 0 Å².